The maximum atomic E-state index is 9.80. The molecule has 0 saturated carbocycles. The lowest BCUT2D eigenvalue weighted by Crippen LogP contribution is -2.10. The van der Waals surface area contributed by atoms with E-state index >= 15 is 0 Å². The van der Waals surface area contributed by atoms with Gasteiger partial charge in [-0.3, -0.25) is 5.41 Å². The molecule has 2 rings (SSSR count). The molecule has 0 spiro atoms. The van der Waals surface area contributed by atoms with Crippen molar-refractivity contribution in [2.75, 3.05) is 0 Å². The quantitative estimate of drug-likeness (QED) is 0.223. The molecular weight excluding hydrogens is 276 g/mol. The van der Waals surface area contributed by atoms with Gasteiger partial charge in [0.25, 0.3) is 0 Å². The molecule has 2 aromatic rings. The Morgan fingerprint density at radius 2 is 1.73 bits per heavy atom. The van der Waals surface area contributed by atoms with Crippen molar-refractivity contribution >= 4 is 24.2 Å². The van der Waals surface area contributed by atoms with Gasteiger partial charge in [-0.15, -0.1) is 0 Å². The van der Waals surface area contributed by atoms with Crippen LogP contribution in [0.2, 0.25) is 0 Å². The second-order valence-electron chi connectivity index (χ2n) is 4.80. The topological polar surface area (TPSA) is 108 Å². The average molecular weight is 294 g/mol. The first-order valence-electron chi connectivity index (χ1n) is 6.76. The standard InChI is InChI=1S/C17H18N4O/c18-17(19)15-8-7-14(11-16(15)22)6-5-12-1-3-13(4-2-12)9-10-21-20/h1-8,10-11,22H,9,20H2,(H3,18,19)/b6-5+,21-10+. The van der Waals surface area contributed by atoms with E-state index in [1.165, 1.54) is 0 Å². The van der Waals surface area contributed by atoms with Crippen molar-refractivity contribution in [3.8, 4) is 5.75 Å². The van der Waals surface area contributed by atoms with E-state index < -0.39 is 0 Å². The summed E-state index contributed by atoms with van der Waals surface area (Å²) in [5, 5.41) is 20.6. The second-order valence-corrected chi connectivity index (χ2v) is 4.80. The number of nitrogens with zero attached hydrogens (tertiary/aromatic N) is 1. The van der Waals surface area contributed by atoms with E-state index in [1.807, 2.05) is 36.4 Å². The van der Waals surface area contributed by atoms with Gasteiger partial charge in [0.1, 0.15) is 11.6 Å². The Balaban J connectivity index is 2.11. The number of phenolic OH excluding ortho intramolecular Hbond substituents is 1. The molecule has 0 aromatic heterocycles. The van der Waals surface area contributed by atoms with Crippen LogP contribution in [0.1, 0.15) is 22.3 Å². The van der Waals surface area contributed by atoms with Gasteiger partial charge >= 0.3 is 0 Å². The third kappa shape index (κ3) is 3.96. The number of nitrogens with one attached hydrogen (secondary N) is 1. The maximum Gasteiger partial charge on any atom is 0.127 e. The highest BCUT2D eigenvalue weighted by molar-refractivity contribution is 5.97. The Bertz CT molecular complexity index is 718. The highest BCUT2D eigenvalue weighted by atomic mass is 16.3. The van der Waals surface area contributed by atoms with Crippen LogP contribution in [0.25, 0.3) is 12.2 Å². The Labute approximate surface area is 129 Å². The number of amidine groups is 1. The fourth-order valence-corrected chi connectivity index (χ4v) is 2.00. The highest BCUT2D eigenvalue weighted by Gasteiger charge is 2.03. The summed E-state index contributed by atoms with van der Waals surface area (Å²) in [7, 11) is 0. The number of hydrogen-bond acceptors (Lipinski definition) is 4. The summed E-state index contributed by atoms with van der Waals surface area (Å²) in [6.45, 7) is 0. The van der Waals surface area contributed by atoms with Crippen molar-refractivity contribution in [1.82, 2.24) is 0 Å². The van der Waals surface area contributed by atoms with E-state index in [2.05, 4.69) is 5.10 Å². The zero-order chi connectivity index (χ0) is 15.9. The van der Waals surface area contributed by atoms with Crippen molar-refractivity contribution in [3.05, 3.63) is 64.7 Å². The predicted octanol–water partition coefficient (Wildman–Crippen LogP) is 2.33. The van der Waals surface area contributed by atoms with Crippen LogP contribution in [0.3, 0.4) is 0 Å². The van der Waals surface area contributed by atoms with Gasteiger partial charge in [0, 0.05) is 12.6 Å². The average Bonchev–Trinajstić information content (AvgIpc) is 2.51. The smallest absolute Gasteiger partial charge is 0.127 e. The van der Waals surface area contributed by atoms with Crippen LogP contribution in [-0.4, -0.2) is 17.2 Å². The summed E-state index contributed by atoms with van der Waals surface area (Å²) in [4.78, 5) is 0. The van der Waals surface area contributed by atoms with Crippen LogP contribution in [0.15, 0.2) is 47.6 Å². The molecule has 22 heavy (non-hydrogen) atoms. The van der Waals surface area contributed by atoms with Gasteiger partial charge in [0.2, 0.25) is 0 Å². The van der Waals surface area contributed by atoms with Gasteiger partial charge in [-0.05, 0) is 28.8 Å². The first-order valence-corrected chi connectivity index (χ1v) is 6.76. The first-order chi connectivity index (χ1) is 10.6. The minimum Gasteiger partial charge on any atom is -0.507 e. The van der Waals surface area contributed by atoms with Crippen LogP contribution < -0.4 is 11.6 Å². The van der Waals surface area contributed by atoms with Crippen molar-refractivity contribution in [3.63, 3.8) is 0 Å². The molecule has 2 aromatic carbocycles. The van der Waals surface area contributed by atoms with Crippen LogP contribution in [0.5, 0.6) is 5.75 Å². The molecule has 5 heteroatoms. The molecule has 5 nitrogen and oxygen atoms in total. The molecule has 0 aliphatic rings. The van der Waals surface area contributed by atoms with E-state index in [-0.39, 0.29) is 11.6 Å². The number of nitrogens with two attached hydrogens (primary N) is 2. The molecule has 0 atom stereocenters. The van der Waals surface area contributed by atoms with Crippen molar-refractivity contribution in [2.24, 2.45) is 16.7 Å². The predicted molar refractivity (Wildman–Crippen MR) is 90.9 cm³/mol. The van der Waals surface area contributed by atoms with E-state index in [9.17, 15) is 5.11 Å². The van der Waals surface area contributed by atoms with E-state index in [4.69, 9.17) is 17.0 Å². The summed E-state index contributed by atoms with van der Waals surface area (Å²) in [5.41, 5.74) is 8.72. The molecule has 0 aliphatic carbocycles. The van der Waals surface area contributed by atoms with Gasteiger partial charge in [0.05, 0.1) is 5.56 Å². The summed E-state index contributed by atoms with van der Waals surface area (Å²) in [6.07, 6.45) is 6.20. The number of rotatable bonds is 5. The van der Waals surface area contributed by atoms with Crippen molar-refractivity contribution in [2.45, 2.75) is 6.42 Å². The first kappa shape index (κ1) is 15.3. The monoisotopic (exact) mass is 294 g/mol. The normalized spacial score (nSPS) is 11.3. The molecule has 0 unspecified atom stereocenters. The zero-order valence-corrected chi connectivity index (χ0v) is 12.0. The van der Waals surface area contributed by atoms with Crippen LogP contribution in [-0.2, 0) is 6.42 Å². The second kappa shape index (κ2) is 7.08. The fourth-order valence-electron chi connectivity index (χ4n) is 2.00. The largest absolute Gasteiger partial charge is 0.507 e. The Kier molecular flexibility index (Phi) is 4.93. The van der Waals surface area contributed by atoms with E-state index in [1.54, 1.807) is 24.4 Å². The molecule has 0 bridgehead atoms. The number of hydrogen-bond donors (Lipinski definition) is 4. The van der Waals surface area contributed by atoms with Gasteiger partial charge < -0.3 is 16.7 Å². The molecular formula is C17H18N4O. The van der Waals surface area contributed by atoms with Gasteiger partial charge in [0.15, 0.2) is 0 Å². The molecule has 0 radical (unpaired) electrons. The molecule has 0 heterocycles. The number of aromatic hydroxyl groups is 1. The third-order valence-electron chi connectivity index (χ3n) is 3.19. The lowest BCUT2D eigenvalue weighted by Gasteiger charge is -2.03. The summed E-state index contributed by atoms with van der Waals surface area (Å²) < 4.78 is 0. The number of hydrazone groups is 1. The zero-order valence-electron chi connectivity index (χ0n) is 12.0. The summed E-state index contributed by atoms with van der Waals surface area (Å²) in [5.74, 6) is 4.93. The SMILES string of the molecule is N=C(N)c1ccc(/C=C/c2ccc(C/C=N/N)cc2)cc1O. The van der Waals surface area contributed by atoms with Crippen molar-refractivity contribution < 1.29 is 5.11 Å². The lowest BCUT2D eigenvalue weighted by atomic mass is 10.1. The molecule has 112 valence electrons. The molecule has 0 saturated heterocycles. The summed E-state index contributed by atoms with van der Waals surface area (Å²) in [6, 6.07) is 13.0. The minimum atomic E-state index is -0.148. The van der Waals surface area contributed by atoms with Gasteiger partial charge in [-0.2, -0.15) is 5.10 Å². The van der Waals surface area contributed by atoms with Crippen LogP contribution >= 0.6 is 0 Å². The minimum absolute atomic E-state index is 0.00562. The molecule has 0 aliphatic heterocycles. The number of nitrogen functional groups attached to an aromatic ring is 1. The van der Waals surface area contributed by atoms with Crippen molar-refractivity contribution in [1.29, 1.82) is 5.41 Å². The highest BCUT2D eigenvalue weighted by Crippen LogP contribution is 2.20. The number of benzene rings is 2. The Morgan fingerprint density at radius 3 is 2.32 bits per heavy atom. The maximum absolute atomic E-state index is 9.80. The van der Waals surface area contributed by atoms with Crippen LogP contribution in [0.4, 0.5) is 0 Å². The Morgan fingerprint density at radius 1 is 1.09 bits per heavy atom. The Hall–Kier alpha value is -3.08. The van der Waals surface area contributed by atoms with Crippen LogP contribution in [0, 0.1) is 5.41 Å². The lowest BCUT2D eigenvalue weighted by molar-refractivity contribution is 0.474. The molecule has 0 fully saturated rings. The van der Waals surface area contributed by atoms with E-state index in [0.717, 1.165) is 16.7 Å². The number of phenols is 1. The molecule has 0 amide bonds. The fraction of sp³-hybridized carbons (Fsp3) is 0.0588. The molecule has 6 N–H and O–H groups in total. The summed E-state index contributed by atoms with van der Waals surface area (Å²) >= 11 is 0. The third-order valence-corrected chi connectivity index (χ3v) is 3.19. The van der Waals surface area contributed by atoms with E-state index in [0.29, 0.717) is 12.0 Å². The van der Waals surface area contributed by atoms with Gasteiger partial charge in [-0.25, -0.2) is 0 Å². The van der Waals surface area contributed by atoms with Gasteiger partial charge in [-0.1, -0.05) is 42.5 Å².